The minimum atomic E-state index is 0.0213. The highest BCUT2D eigenvalue weighted by atomic mass is 32.1. The van der Waals surface area contributed by atoms with Gasteiger partial charge in [-0.05, 0) is 42.0 Å². The maximum Gasteiger partial charge on any atom is 0.227 e. The van der Waals surface area contributed by atoms with Crippen molar-refractivity contribution in [2.75, 3.05) is 13.1 Å². The van der Waals surface area contributed by atoms with E-state index in [1.54, 1.807) is 23.7 Å². The Labute approximate surface area is 151 Å². The standard InChI is InChI=1S/C19H21N3O2S/c23-17(10-15-2-1-9-25-15)22-8-5-19(13-22)11-16(19)18(24)21-12-14-3-6-20-7-4-14/h1-4,6-7,9,16H,5,8,10-13H2,(H,21,24)/t16-,19-/m1/s1. The molecule has 25 heavy (non-hydrogen) atoms. The molecule has 2 fully saturated rings. The third-order valence-corrected chi connectivity index (χ3v) is 6.24. The van der Waals surface area contributed by atoms with Crippen LogP contribution in [0.1, 0.15) is 23.3 Å². The van der Waals surface area contributed by atoms with Gasteiger partial charge in [-0.1, -0.05) is 6.07 Å². The van der Waals surface area contributed by atoms with Gasteiger partial charge in [0.05, 0.1) is 6.42 Å². The predicted molar refractivity (Wildman–Crippen MR) is 95.8 cm³/mol. The number of aromatic nitrogens is 1. The monoisotopic (exact) mass is 355 g/mol. The quantitative estimate of drug-likeness (QED) is 0.895. The molecule has 2 amide bonds. The van der Waals surface area contributed by atoms with Crippen molar-refractivity contribution in [3.05, 3.63) is 52.5 Å². The molecule has 6 heteroatoms. The molecule has 1 aliphatic carbocycles. The summed E-state index contributed by atoms with van der Waals surface area (Å²) in [5, 5.41) is 5.02. The first-order valence-electron chi connectivity index (χ1n) is 8.63. The van der Waals surface area contributed by atoms with Crippen molar-refractivity contribution in [2.45, 2.75) is 25.8 Å². The molecule has 2 aromatic heterocycles. The van der Waals surface area contributed by atoms with Crippen molar-refractivity contribution in [2.24, 2.45) is 11.3 Å². The van der Waals surface area contributed by atoms with E-state index in [4.69, 9.17) is 0 Å². The zero-order chi connectivity index (χ0) is 17.3. The maximum atomic E-state index is 12.4. The van der Waals surface area contributed by atoms with Crippen LogP contribution < -0.4 is 5.32 Å². The van der Waals surface area contributed by atoms with Crippen LogP contribution in [-0.2, 0) is 22.6 Å². The summed E-state index contributed by atoms with van der Waals surface area (Å²) >= 11 is 1.62. The van der Waals surface area contributed by atoms with Crippen LogP contribution in [0.5, 0.6) is 0 Å². The minimum absolute atomic E-state index is 0.0213. The van der Waals surface area contributed by atoms with E-state index in [0.717, 1.165) is 36.4 Å². The first-order valence-corrected chi connectivity index (χ1v) is 9.51. The van der Waals surface area contributed by atoms with Crippen molar-refractivity contribution < 1.29 is 9.59 Å². The number of rotatable bonds is 5. The van der Waals surface area contributed by atoms with Crippen LogP contribution in [0.25, 0.3) is 0 Å². The van der Waals surface area contributed by atoms with E-state index < -0.39 is 0 Å². The lowest BCUT2D eigenvalue weighted by Crippen LogP contribution is -2.32. The lowest BCUT2D eigenvalue weighted by atomic mass is 10.0. The van der Waals surface area contributed by atoms with Gasteiger partial charge in [-0.15, -0.1) is 11.3 Å². The molecule has 0 unspecified atom stereocenters. The molecule has 130 valence electrons. The first-order chi connectivity index (χ1) is 12.2. The number of pyridine rings is 1. The normalized spacial score (nSPS) is 24.5. The molecule has 3 heterocycles. The largest absolute Gasteiger partial charge is 0.352 e. The number of nitrogens with zero attached hydrogens (tertiary/aromatic N) is 2. The Morgan fingerprint density at radius 3 is 2.92 bits per heavy atom. The van der Waals surface area contributed by atoms with Crippen LogP contribution in [-0.4, -0.2) is 34.8 Å². The SMILES string of the molecule is O=C(NCc1ccncc1)[C@H]1C[C@@]12CCN(C(=O)Cc1cccs1)C2. The minimum Gasteiger partial charge on any atom is -0.352 e. The Morgan fingerprint density at radius 1 is 1.32 bits per heavy atom. The van der Waals surface area contributed by atoms with Crippen LogP contribution in [0.15, 0.2) is 42.0 Å². The molecule has 0 radical (unpaired) electrons. The van der Waals surface area contributed by atoms with Gasteiger partial charge in [0.25, 0.3) is 0 Å². The lowest BCUT2D eigenvalue weighted by Gasteiger charge is -2.16. The molecule has 1 N–H and O–H groups in total. The maximum absolute atomic E-state index is 12.4. The summed E-state index contributed by atoms with van der Waals surface area (Å²) in [4.78, 5) is 31.9. The highest BCUT2D eigenvalue weighted by molar-refractivity contribution is 7.10. The highest BCUT2D eigenvalue weighted by Crippen LogP contribution is 2.58. The number of likely N-dealkylation sites (tertiary alicyclic amines) is 1. The zero-order valence-corrected chi connectivity index (χ0v) is 14.8. The average Bonchev–Trinajstić information content (AvgIpc) is 2.96. The molecule has 1 spiro atoms. The van der Waals surface area contributed by atoms with Crippen LogP contribution in [0.3, 0.4) is 0 Å². The number of carbonyl (C=O) groups excluding carboxylic acids is 2. The second-order valence-corrected chi connectivity index (χ2v) is 8.05. The van der Waals surface area contributed by atoms with Gasteiger partial charge in [-0.2, -0.15) is 0 Å². The second-order valence-electron chi connectivity index (χ2n) is 7.01. The van der Waals surface area contributed by atoms with Crippen LogP contribution in [0.2, 0.25) is 0 Å². The molecule has 2 aliphatic rings. The Balaban J connectivity index is 1.28. The lowest BCUT2D eigenvalue weighted by molar-refractivity contribution is -0.130. The predicted octanol–water partition coefficient (Wildman–Crippen LogP) is 2.24. The fourth-order valence-electron chi connectivity index (χ4n) is 3.77. The number of carbonyl (C=O) groups is 2. The van der Waals surface area contributed by atoms with Crippen molar-refractivity contribution in [3.8, 4) is 0 Å². The smallest absolute Gasteiger partial charge is 0.227 e. The van der Waals surface area contributed by atoms with Gasteiger partial charge < -0.3 is 10.2 Å². The Kier molecular flexibility index (Phi) is 4.29. The van der Waals surface area contributed by atoms with E-state index in [0.29, 0.717) is 13.0 Å². The van der Waals surface area contributed by atoms with Gasteiger partial charge in [0.15, 0.2) is 0 Å². The molecule has 0 aromatic carbocycles. The summed E-state index contributed by atoms with van der Waals surface area (Å²) in [5.74, 6) is 0.348. The molecule has 4 rings (SSSR count). The number of hydrogen-bond acceptors (Lipinski definition) is 4. The molecular formula is C19H21N3O2S. The van der Waals surface area contributed by atoms with Gasteiger partial charge in [0.2, 0.25) is 11.8 Å². The summed E-state index contributed by atoms with van der Waals surface area (Å²) in [7, 11) is 0. The van der Waals surface area contributed by atoms with Gasteiger partial charge in [-0.25, -0.2) is 0 Å². The molecule has 5 nitrogen and oxygen atoms in total. The zero-order valence-electron chi connectivity index (χ0n) is 14.0. The van der Waals surface area contributed by atoms with E-state index in [2.05, 4.69) is 10.3 Å². The number of nitrogens with one attached hydrogen (secondary N) is 1. The average molecular weight is 355 g/mol. The number of thiophene rings is 1. The van der Waals surface area contributed by atoms with Crippen molar-refractivity contribution in [3.63, 3.8) is 0 Å². The summed E-state index contributed by atoms with van der Waals surface area (Å²) in [6.45, 7) is 2.04. The molecule has 1 saturated heterocycles. The highest BCUT2D eigenvalue weighted by Gasteiger charge is 2.61. The van der Waals surface area contributed by atoms with Crippen molar-refractivity contribution in [1.82, 2.24) is 15.2 Å². The number of hydrogen-bond donors (Lipinski definition) is 1. The third-order valence-electron chi connectivity index (χ3n) is 5.37. The van der Waals surface area contributed by atoms with Gasteiger partial charge in [0, 0.05) is 48.2 Å². The summed E-state index contributed by atoms with van der Waals surface area (Å²) in [6, 6.07) is 7.79. The van der Waals surface area contributed by atoms with Gasteiger partial charge in [-0.3, -0.25) is 14.6 Å². The van der Waals surface area contributed by atoms with E-state index in [9.17, 15) is 9.59 Å². The Hall–Kier alpha value is -2.21. The summed E-state index contributed by atoms with van der Waals surface area (Å²) in [6.07, 6.45) is 5.78. The Bertz CT molecular complexity index is 762. The molecule has 1 saturated carbocycles. The topological polar surface area (TPSA) is 62.3 Å². The molecule has 2 aromatic rings. The van der Waals surface area contributed by atoms with E-state index in [-0.39, 0.29) is 23.1 Å². The van der Waals surface area contributed by atoms with Crippen molar-refractivity contribution in [1.29, 1.82) is 0 Å². The van der Waals surface area contributed by atoms with Crippen LogP contribution in [0.4, 0.5) is 0 Å². The fraction of sp³-hybridized carbons (Fsp3) is 0.421. The summed E-state index contributed by atoms with van der Waals surface area (Å²) < 4.78 is 0. The summed E-state index contributed by atoms with van der Waals surface area (Å²) in [5.41, 5.74) is 1.07. The van der Waals surface area contributed by atoms with E-state index in [1.807, 2.05) is 34.5 Å². The number of amides is 2. The molecule has 0 bridgehead atoms. The molecule has 1 aliphatic heterocycles. The first kappa shape index (κ1) is 16.3. The van der Waals surface area contributed by atoms with Crippen LogP contribution >= 0.6 is 11.3 Å². The molecule has 2 atom stereocenters. The van der Waals surface area contributed by atoms with E-state index in [1.165, 1.54) is 0 Å². The second kappa shape index (κ2) is 6.59. The molecular weight excluding hydrogens is 334 g/mol. The fourth-order valence-corrected chi connectivity index (χ4v) is 4.46. The van der Waals surface area contributed by atoms with E-state index >= 15 is 0 Å². The Morgan fingerprint density at radius 2 is 2.16 bits per heavy atom. The van der Waals surface area contributed by atoms with Crippen LogP contribution in [0, 0.1) is 11.3 Å². The third kappa shape index (κ3) is 3.44. The van der Waals surface area contributed by atoms with Gasteiger partial charge in [0.1, 0.15) is 0 Å². The van der Waals surface area contributed by atoms with Crippen molar-refractivity contribution >= 4 is 23.2 Å². The van der Waals surface area contributed by atoms with Gasteiger partial charge >= 0.3 is 0 Å².